The third-order valence-electron chi connectivity index (χ3n) is 3.82. The van der Waals surface area contributed by atoms with E-state index in [1.807, 2.05) is 12.1 Å². The lowest BCUT2D eigenvalue weighted by molar-refractivity contribution is 0.0933. The number of nitrogens with one attached hydrogen (secondary N) is 1. The zero-order chi connectivity index (χ0) is 14.7. The number of hydrogen-bond donors (Lipinski definition) is 1. The van der Waals surface area contributed by atoms with Crippen molar-refractivity contribution in [2.75, 3.05) is 0 Å². The van der Waals surface area contributed by atoms with Crippen LogP contribution in [0.2, 0.25) is 0 Å². The minimum absolute atomic E-state index is 0.128. The summed E-state index contributed by atoms with van der Waals surface area (Å²) in [6.07, 6.45) is 4.26. The monoisotopic (exact) mass is 277 g/mol. The van der Waals surface area contributed by atoms with Gasteiger partial charge in [0.15, 0.2) is 0 Å². The molecular weight excluding hydrogens is 262 g/mol. The summed E-state index contributed by atoms with van der Waals surface area (Å²) in [6, 6.07) is 13.7. The summed E-state index contributed by atoms with van der Waals surface area (Å²) in [7, 11) is 0. The van der Waals surface area contributed by atoms with Gasteiger partial charge in [-0.25, -0.2) is 4.98 Å². The van der Waals surface area contributed by atoms with Gasteiger partial charge < -0.3 is 5.32 Å². The molecule has 21 heavy (non-hydrogen) atoms. The highest BCUT2D eigenvalue weighted by atomic mass is 16.1. The van der Waals surface area contributed by atoms with Crippen LogP contribution in [0.3, 0.4) is 0 Å². The number of carbonyl (C=O) groups is 1. The maximum Gasteiger partial charge on any atom is 0.253 e. The minimum atomic E-state index is -0.128. The summed E-state index contributed by atoms with van der Waals surface area (Å²) in [5, 5.41) is 11.8. The highest BCUT2D eigenvalue weighted by Crippen LogP contribution is 2.21. The molecule has 1 amide bonds. The molecule has 0 saturated heterocycles. The number of rotatable bonds is 2. The first-order valence-corrected chi connectivity index (χ1v) is 7.00. The zero-order valence-corrected chi connectivity index (χ0v) is 11.5. The van der Waals surface area contributed by atoms with E-state index in [4.69, 9.17) is 5.26 Å². The molecule has 0 bridgehead atoms. The van der Waals surface area contributed by atoms with E-state index in [1.165, 1.54) is 17.3 Å². The number of aryl methyl sites for hydroxylation is 1. The van der Waals surface area contributed by atoms with Gasteiger partial charge in [-0.3, -0.25) is 4.79 Å². The van der Waals surface area contributed by atoms with Gasteiger partial charge in [0.2, 0.25) is 0 Å². The molecule has 0 aliphatic heterocycles. The molecule has 3 rings (SSSR count). The Hall–Kier alpha value is -2.67. The van der Waals surface area contributed by atoms with Crippen LogP contribution in [-0.4, -0.2) is 16.9 Å². The maximum atomic E-state index is 12.2. The Morgan fingerprint density at radius 1 is 1.24 bits per heavy atom. The summed E-state index contributed by atoms with van der Waals surface area (Å²) in [5.74, 6) is -0.128. The zero-order valence-electron chi connectivity index (χ0n) is 11.5. The fourth-order valence-electron chi connectivity index (χ4n) is 2.68. The second kappa shape index (κ2) is 5.76. The number of benzene rings is 1. The fraction of sp³-hybridized carbons (Fsp3) is 0.235. The molecule has 1 aliphatic carbocycles. The fourth-order valence-corrected chi connectivity index (χ4v) is 2.68. The quantitative estimate of drug-likeness (QED) is 0.915. The van der Waals surface area contributed by atoms with Gasteiger partial charge in [-0.2, -0.15) is 5.26 Å². The Labute approximate surface area is 123 Å². The van der Waals surface area contributed by atoms with Crippen molar-refractivity contribution in [2.24, 2.45) is 0 Å². The van der Waals surface area contributed by atoms with E-state index in [0.29, 0.717) is 11.3 Å². The first kappa shape index (κ1) is 13.3. The van der Waals surface area contributed by atoms with Crippen LogP contribution in [0.15, 0.2) is 42.6 Å². The molecule has 1 atom stereocenters. The van der Waals surface area contributed by atoms with Crippen molar-refractivity contribution < 1.29 is 4.79 Å². The normalized spacial score (nSPS) is 16.6. The Morgan fingerprint density at radius 3 is 2.76 bits per heavy atom. The molecule has 1 aromatic heterocycles. The van der Waals surface area contributed by atoms with Crippen LogP contribution in [0, 0.1) is 11.3 Å². The van der Waals surface area contributed by atoms with Crippen LogP contribution in [0.25, 0.3) is 0 Å². The molecule has 0 saturated carbocycles. The minimum Gasteiger partial charge on any atom is -0.349 e. The average Bonchev–Trinajstić information content (AvgIpc) is 2.55. The molecule has 104 valence electrons. The largest absolute Gasteiger partial charge is 0.349 e. The topological polar surface area (TPSA) is 65.8 Å². The van der Waals surface area contributed by atoms with Crippen molar-refractivity contribution in [1.29, 1.82) is 5.26 Å². The molecule has 0 spiro atoms. The van der Waals surface area contributed by atoms with Crippen molar-refractivity contribution in [2.45, 2.75) is 25.3 Å². The first-order valence-electron chi connectivity index (χ1n) is 7.00. The van der Waals surface area contributed by atoms with Gasteiger partial charge in [0, 0.05) is 12.2 Å². The smallest absolute Gasteiger partial charge is 0.253 e. The van der Waals surface area contributed by atoms with Gasteiger partial charge in [0.1, 0.15) is 11.8 Å². The molecule has 1 aromatic carbocycles. The molecule has 1 N–H and O–H groups in total. The summed E-state index contributed by atoms with van der Waals surface area (Å²) in [6.45, 7) is 0. The highest BCUT2D eigenvalue weighted by Gasteiger charge is 2.20. The van der Waals surface area contributed by atoms with Gasteiger partial charge in [0.25, 0.3) is 5.91 Å². The molecule has 1 heterocycles. The second-order valence-corrected chi connectivity index (χ2v) is 5.23. The third kappa shape index (κ3) is 2.92. The lowest BCUT2D eigenvalue weighted by Gasteiger charge is -2.25. The van der Waals surface area contributed by atoms with Crippen LogP contribution in [0.4, 0.5) is 0 Å². The standard InChI is InChI=1S/C17H15N3O/c18-10-16-8-6-14(11-19-16)17(21)20-15-7-5-12-3-1-2-4-13(12)9-15/h1-4,6,8,11,15H,5,7,9H2,(H,20,21)/t15-/m0/s1. The van der Waals surface area contributed by atoms with E-state index < -0.39 is 0 Å². The number of amides is 1. The Balaban J connectivity index is 1.67. The number of carbonyl (C=O) groups excluding carboxylic acids is 1. The van der Waals surface area contributed by atoms with E-state index in [9.17, 15) is 4.79 Å². The molecule has 0 radical (unpaired) electrons. The van der Waals surface area contributed by atoms with Crippen LogP contribution in [0.5, 0.6) is 0 Å². The van der Waals surface area contributed by atoms with E-state index in [1.54, 1.807) is 12.1 Å². The number of hydrogen-bond acceptors (Lipinski definition) is 3. The summed E-state index contributed by atoms with van der Waals surface area (Å²) >= 11 is 0. The Morgan fingerprint density at radius 2 is 2.05 bits per heavy atom. The molecular formula is C17H15N3O. The first-order chi connectivity index (χ1) is 10.3. The number of nitrogens with zero attached hydrogens (tertiary/aromatic N) is 2. The lowest BCUT2D eigenvalue weighted by Crippen LogP contribution is -2.38. The SMILES string of the molecule is N#Cc1ccc(C(=O)N[C@H]2CCc3ccccc3C2)cn1. The average molecular weight is 277 g/mol. The van der Waals surface area contributed by atoms with Crippen LogP contribution in [0.1, 0.15) is 33.6 Å². The van der Waals surface area contributed by atoms with Crippen LogP contribution >= 0.6 is 0 Å². The van der Waals surface area contributed by atoms with Crippen molar-refractivity contribution in [3.8, 4) is 6.07 Å². The second-order valence-electron chi connectivity index (χ2n) is 5.23. The summed E-state index contributed by atoms with van der Waals surface area (Å²) < 4.78 is 0. The van der Waals surface area contributed by atoms with Crippen molar-refractivity contribution in [1.82, 2.24) is 10.3 Å². The highest BCUT2D eigenvalue weighted by molar-refractivity contribution is 5.94. The lowest BCUT2D eigenvalue weighted by atomic mass is 9.88. The number of pyridine rings is 1. The molecule has 0 fully saturated rings. The number of fused-ring (bicyclic) bond motifs is 1. The van der Waals surface area contributed by atoms with Crippen molar-refractivity contribution in [3.63, 3.8) is 0 Å². The van der Waals surface area contributed by atoms with E-state index >= 15 is 0 Å². The molecule has 4 heteroatoms. The molecule has 4 nitrogen and oxygen atoms in total. The Kier molecular flexibility index (Phi) is 3.65. The number of nitriles is 1. The van der Waals surface area contributed by atoms with Gasteiger partial charge in [-0.15, -0.1) is 0 Å². The molecule has 1 aliphatic rings. The molecule has 0 unspecified atom stereocenters. The number of aromatic nitrogens is 1. The summed E-state index contributed by atoms with van der Waals surface area (Å²) in [4.78, 5) is 16.1. The summed E-state index contributed by atoms with van der Waals surface area (Å²) in [5.41, 5.74) is 3.50. The predicted molar refractivity (Wildman–Crippen MR) is 78.7 cm³/mol. The maximum absolute atomic E-state index is 12.2. The van der Waals surface area contributed by atoms with Gasteiger partial charge in [-0.1, -0.05) is 24.3 Å². The van der Waals surface area contributed by atoms with Crippen molar-refractivity contribution >= 4 is 5.91 Å². The van der Waals surface area contributed by atoms with Crippen LogP contribution in [-0.2, 0) is 12.8 Å². The third-order valence-corrected chi connectivity index (χ3v) is 3.82. The molecule has 2 aromatic rings. The van der Waals surface area contributed by atoms with Gasteiger partial charge in [0.05, 0.1) is 5.56 Å². The van der Waals surface area contributed by atoms with Gasteiger partial charge >= 0.3 is 0 Å². The van der Waals surface area contributed by atoms with E-state index in [0.717, 1.165) is 19.3 Å². The van der Waals surface area contributed by atoms with Crippen LogP contribution < -0.4 is 5.32 Å². The van der Waals surface area contributed by atoms with Gasteiger partial charge in [-0.05, 0) is 42.5 Å². The Bertz CT molecular complexity index is 701. The van der Waals surface area contributed by atoms with Crippen molar-refractivity contribution in [3.05, 3.63) is 65.0 Å². The van der Waals surface area contributed by atoms with E-state index in [2.05, 4.69) is 28.5 Å². The van der Waals surface area contributed by atoms with E-state index in [-0.39, 0.29) is 11.9 Å². The predicted octanol–water partition coefficient (Wildman–Crippen LogP) is 2.24.